The summed E-state index contributed by atoms with van der Waals surface area (Å²) in [6.45, 7) is 3.66. The van der Waals surface area contributed by atoms with Gasteiger partial charge in [0, 0.05) is 33.1 Å². The molecule has 2 saturated heterocycles. The van der Waals surface area contributed by atoms with E-state index in [-0.39, 0.29) is 17.7 Å². The van der Waals surface area contributed by atoms with Crippen LogP contribution in [0.15, 0.2) is 0 Å². The summed E-state index contributed by atoms with van der Waals surface area (Å²) in [5.41, 5.74) is 0. The lowest BCUT2D eigenvalue weighted by molar-refractivity contribution is -0.147. The third kappa shape index (κ3) is 3.29. The second-order valence-electron chi connectivity index (χ2n) is 5.77. The molecule has 0 saturated carbocycles. The third-order valence-corrected chi connectivity index (χ3v) is 4.30. The second-order valence-corrected chi connectivity index (χ2v) is 5.77. The van der Waals surface area contributed by atoms with Crippen LogP contribution in [0.5, 0.6) is 0 Å². The van der Waals surface area contributed by atoms with E-state index in [0.717, 1.165) is 25.8 Å². The van der Waals surface area contributed by atoms with Crippen molar-refractivity contribution in [2.75, 3.05) is 26.2 Å². The lowest BCUT2D eigenvalue weighted by atomic mass is 9.93. The van der Waals surface area contributed by atoms with Gasteiger partial charge in [0.25, 0.3) is 0 Å². The van der Waals surface area contributed by atoms with Crippen LogP contribution < -0.4 is 0 Å². The average molecular weight is 282 g/mol. The molecule has 6 heteroatoms. The maximum absolute atomic E-state index is 12.5. The van der Waals surface area contributed by atoms with Gasteiger partial charge < -0.3 is 14.9 Å². The summed E-state index contributed by atoms with van der Waals surface area (Å²) in [7, 11) is 0. The van der Waals surface area contributed by atoms with Crippen LogP contribution in [0.4, 0.5) is 0 Å². The van der Waals surface area contributed by atoms with Crippen LogP contribution in [0.1, 0.15) is 32.6 Å². The van der Waals surface area contributed by atoms with Gasteiger partial charge in [-0.3, -0.25) is 14.4 Å². The standard InChI is InChI=1S/C14H22N2O4/c1-10(17)15-6-2-4-11(8-15)13(18)16-7-3-5-12(9-16)14(19)20/h11-12H,2-9H2,1H3,(H,19,20)/t11-,12+/m1/s1. The van der Waals surface area contributed by atoms with Gasteiger partial charge in [-0.25, -0.2) is 0 Å². The fourth-order valence-electron chi connectivity index (χ4n) is 3.10. The van der Waals surface area contributed by atoms with Crippen molar-refractivity contribution >= 4 is 17.8 Å². The fraction of sp³-hybridized carbons (Fsp3) is 0.786. The molecule has 2 atom stereocenters. The van der Waals surface area contributed by atoms with E-state index >= 15 is 0 Å². The van der Waals surface area contributed by atoms with Gasteiger partial charge in [-0.2, -0.15) is 0 Å². The normalized spacial score (nSPS) is 27.2. The van der Waals surface area contributed by atoms with Crippen molar-refractivity contribution in [1.82, 2.24) is 9.80 Å². The van der Waals surface area contributed by atoms with Gasteiger partial charge in [-0.1, -0.05) is 0 Å². The summed E-state index contributed by atoms with van der Waals surface area (Å²) in [5.74, 6) is -1.41. The van der Waals surface area contributed by atoms with Crippen molar-refractivity contribution in [3.05, 3.63) is 0 Å². The number of likely N-dealkylation sites (tertiary alicyclic amines) is 2. The molecular formula is C14H22N2O4. The molecule has 1 N–H and O–H groups in total. The molecule has 2 fully saturated rings. The summed E-state index contributed by atoms with van der Waals surface area (Å²) in [6, 6.07) is 0. The zero-order chi connectivity index (χ0) is 14.7. The molecule has 0 aromatic heterocycles. The Morgan fingerprint density at radius 2 is 1.50 bits per heavy atom. The molecule has 0 aromatic rings. The Morgan fingerprint density at radius 1 is 0.950 bits per heavy atom. The number of carbonyl (C=O) groups is 3. The predicted molar refractivity (Wildman–Crippen MR) is 71.9 cm³/mol. The number of hydrogen-bond acceptors (Lipinski definition) is 3. The maximum atomic E-state index is 12.5. The number of carbonyl (C=O) groups excluding carboxylic acids is 2. The minimum atomic E-state index is -0.823. The van der Waals surface area contributed by atoms with Gasteiger partial charge in [0.15, 0.2) is 0 Å². The molecule has 0 aliphatic carbocycles. The topological polar surface area (TPSA) is 77.9 Å². The number of carboxylic acid groups (broad SMARTS) is 1. The van der Waals surface area contributed by atoms with E-state index in [0.29, 0.717) is 26.1 Å². The largest absolute Gasteiger partial charge is 0.481 e. The van der Waals surface area contributed by atoms with E-state index in [9.17, 15) is 14.4 Å². The highest BCUT2D eigenvalue weighted by Gasteiger charge is 2.34. The smallest absolute Gasteiger partial charge is 0.308 e. The minimum absolute atomic E-state index is 0.00422. The summed E-state index contributed by atoms with van der Waals surface area (Å²) >= 11 is 0. The highest BCUT2D eigenvalue weighted by molar-refractivity contribution is 5.81. The number of piperidine rings is 2. The Morgan fingerprint density at radius 3 is 2.10 bits per heavy atom. The summed E-state index contributed by atoms with van der Waals surface area (Å²) in [5, 5.41) is 9.07. The highest BCUT2D eigenvalue weighted by Crippen LogP contribution is 2.23. The first-order valence-electron chi connectivity index (χ1n) is 7.26. The van der Waals surface area contributed by atoms with Crippen LogP contribution >= 0.6 is 0 Å². The fourth-order valence-corrected chi connectivity index (χ4v) is 3.10. The monoisotopic (exact) mass is 282 g/mol. The zero-order valence-corrected chi connectivity index (χ0v) is 11.9. The Hall–Kier alpha value is -1.59. The molecule has 0 bridgehead atoms. The van der Waals surface area contributed by atoms with Crippen LogP contribution in [0, 0.1) is 11.8 Å². The lowest BCUT2D eigenvalue weighted by Crippen LogP contribution is -2.49. The van der Waals surface area contributed by atoms with Crippen molar-refractivity contribution in [2.45, 2.75) is 32.6 Å². The van der Waals surface area contributed by atoms with E-state index < -0.39 is 11.9 Å². The van der Waals surface area contributed by atoms with Crippen molar-refractivity contribution in [2.24, 2.45) is 11.8 Å². The Bertz CT molecular complexity index is 374. The van der Waals surface area contributed by atoms with Crippen LogP contribution in [-0.4, -0.2) is 58.9 Å². The number of hydrogen-bond donors (Lipinski definition) is 1. The molecule has 6 nitrogen and oxygen atoms in total. The van der Waals surface area contributed by atoms with Crippen molar-refractivity contribution in [3.8, 4) is 0 Å². The number of carboxylic acids is 1. The van der Waals surface area contributed by atoms with E-state index in [1.54, 1.807) is 9.80 Å². The number of amides is 2. The summed E-state index contributed by atoms with van der Waals surface area (Å²) in [6.07, 6.45) is 3.01. The van der Waals surface area contributed by atoms with Crippen LogP contribution in [0.25, 0.3) is 0 Å². The molecule has 2 aliphatic rings. The number of aliphatic carboxylic acids is 1. The summed E-state index contributed by atoms with van der Waals surface area (Å²) in [4.78, 5) is 38.3. The average Bonchev–Trinajstić information content (AvgIpc) is 2.46. The van der Waals surface area contributed by atoms with Crippen LogP contribution in [0.2, 0.25) is 0 Å². The minimum Gasteiger partial charge on any atom is -0.481 e. The lowest BCUT2D eigenvalue weighted by Gasteiger charge is -2.37. The van der Waals surface area contributed by atoms with Gasteiger partial charge in [0.1, 0.15) is 0 Å². The maximum Gasteiger partial charge on any atom is 0.308 e. The predicted octanol–water partition coefficient (Wildman–Crippen LogP) is 0.568. The van der Waals surface area contributed by atoms with E-state index in [4.69, 9.17) is 5.11 Å². The molecule has 0 unspecified atom stereocenters. The molecule has 2 amide bonds. The van der Waals surface area contributed by atoms with Crippen molar-refractivity contribution < 1.29 is 19.5 Å². The van der Waals surface area contributed by atoms with Gasteiger partial charge in [-0.15, -0.1) is 0 Å². The molecule has 2 rings (SSSR count). The molecule has 0 radical (unpaired) electrons. The van der Waals surface area contributed by atoms with E-state index in [1.807, 2.05) is 0 Å². The van der Waals surface area contributed by atoms with E-state index in [1.165, 1.54) is 6.92 Å². The number of nitrogens with zero attached hydrogens (tertiary/aromatic N) is 2. The molecule has 0 spiro atoms. The van der Waals surface area contributed by atoms with E-state index in [2.05, 4.69) is 0 Å². The molecule has 20 heavy (non-hydrogen) atoms. The van der Waals surface area contributed by atoms with Gasteiger partial charge in [-0.05, 0) is 25.7 Å². The summed E-state index contributed by atoms with van der Waals surface area (Å²) < 4.78 is 0. The Labute approximate surface area is 118 Å². The Balaban J connectivity index is 1.96. The molecule has 0 aromatic carbocycles. The van der Waals surface area contributed by atoms with Crippen LogP contribution in [-0.2, 0) is 14.4 Å². The van der Waals surface area contributed by atoms with Gasteiger partial charge >= 0.3 is 5.97 Å². The first-order valence-corrected chi connectivity index (χ1v) is 7.26. The van der Waals surface area contributed by atoms with Crippen molar-refractivity contribution in [1.29, 1.82) is 0 Å². The second kappa shape index (κ2) is 6.24. The Kier molecular flexibility index (Phi) is 4.62. The van der Waals surface area contributed by atoms with Gasteiger partial charge in [0.05, 0.1) is 11.8 Å². The quantitative estimate of drug-likeness (QED) is 0.803. The SMILES string of the molecule is CC(=O)N1CCC[C@@H](C(=O)N2CCC[C@H](C(=O)O)C2)C1. The molecule has 112 valence electrons. The molecule has 2 heterocycles. The first kappa shape index (κ1) is 14.8. The molecular weight excluding hydrogens is 260 g/mol. The zero-order valence-electron chi connectivity index (χ0n) is 11.9. The van der Waals surface area contributed by atoms with Crippen LogP contribution in [0.3, 0.4) is 0 Å². The van der Waals surface area contributed by atoms with Gasteiger partial charge in [0.2, 0.25) is 11.8 Å². The highest BCUT2D eigenvalue weighted by atomic mass is 16.4. The number of rotatable bonds is 2. The first-order chi connectivity index (χ1) is 9.49. The van der Waals surface area contributed by atoms with Crippen molar-refractivity contribution in [3.63, 3.8) is 0 Å². The molecule has 2 aliphatic heterocycles. The third-order valence-electron chi connectivity index (χ3n) is 4.30.